The summed E-state index contributed by atoms with van der Waals surface area (Å²) in [5.74, 6) is -0.241. The Hall–Kier alpha value is -3.97. The minimum absolute atomic E-state index is 0.241. The van der Waals surface area contributed by atoms with Gasteiger partial charge < -0.3 is 18.9 Å². The van der Waals surface area contributed by atoms with Gasteiger partial charge in [0.15, 0.2) is 0 Å². The summed E-state index contributed by atoms with van der Waals surface area (Å²) in [6.07, 6.45) is 0.158. The highest BCUT2D eigenvalue weighted by Gasteiger charge is 2.44. The van der Waals surface area contributed by atoms with Gasteiger partial charge in [-0.3, -0.25) is 0 Å². The van der Waals surface area contributed by atoms with E-state index in [9.17, 15) is 5.53 Å². The van der Waals surface area contributed by atoms with Crippen LogP contribution < -0.4 is 0 Å². The molecule has 0 aliphatic heterocycles. The summed E-state index contributed by atoms with van der Waals surface area (Å²) in [6, 6.07) is 40.1. The zero-order chi connectivity index (χ0) is 29.5. The van der Waals surface area contributed by atoms with Crippen molar-refractivity contribution >= 4 is 0 Å². The van der Waals surface area contributed by atoms with Crippen LogP contribution in [-0.2, 0) is 45.4 Å². The highest BCUT2D eigenvalue weighted by Crippen LogP contribution is 2.34. The molecule has 43 heavy (non-hydrogen) atoms. The monoisotopic (exact) mass is 577 g/mol. The van der Waals surface area contributed by atoms with Crippen molar-refractivity contribution in [3.05, 3.63) is 154 Å². The number of benzene rings is 4. The second-order valence-corrected chi connectivity index (χ2v) is 10.9. The van der Waals surface area contributed by atoms with Crippen LogP contribution >= 0.6 is 0 Å². The Morgan fingerprint density at radius 3 is 1.49 bits per heavy atom. The van der Waals surface area contributed by atoms with Gasteiger partial charge in [-0.2, -0.15) is 0 Å². The average molecular weight is 578 g/mol. The summed E-state index contributed by atoms with van der Waals surface area (Å²) in [5.41, 5.74) is 13.9. The minimum atomic E-state index is -0.446. The Kier molecular flexibility index (Phi) is 11.8. The van der Waals surface area contributed by atoms with E-state index in [1.807, 2.05) is 97.1 Å². The molecule has 7 heteroatoms. The van der Waals surface area contributed by atoms with Crippen molar-refractivity contribution in [3.63, 3.8) is 0 Å². The maximum Gasteiger partial charge on any atom is 0.111 e. The summed E-state index contributed by atoms with van der Waals surface area (Å²) in [4.78, 5) is 3.24. The molecule has 0 unspecified atom stereocenters. The number of ether oxygens (including phenoxy) is 4. The smallest absolute Gasteiger partial charge is 0.111 e. The lowest BCUT2D eigenvalue weighted by molar-refractivity contribution is -0.167. The van der Waals surface area contributed by atoms with Gasteiger partial charge >= 0.3 is 0 Å². The molecule has 5 rings (SSSR count). The first-order chi connectivity index (χ1) is 21.3. The summed E-state index contributed by atoms with van der Waals surface area (Å²) >= 11 is 0. The molecular weight excluding hydrogens is 538 g/mol. The van der Waals surface area contributed by atoms with E-state index < -0.39 is 12.2 Å². The third kappa shape index (κ3) is 9.26. The number of rotatable bonds is 14. The maximum absolute atomic E-state index is 9.58. The lowest BCUT2D eigenvalue weighted by Crippen LogP contribution is -2.47. The van der Waals surface area contributed by atoms with Crippen LogP contribution in [0.5, 0.6) is 0 Å². The molecule has 0 heterocycles. The van der Waals surface area contributed by atoms with E-state index in [0.717, 1.165) is 22.3 Å². The van der Waals surface area contributed by atoms with Crippen LogP contribution in [0, 0.1) is 5.92 Å². The molecule has 0 radical (unpaired) electrons. The molecule has 4 aromatic rings. The van der Waals surface area contributed by atoms with E-state index in [-0.39, 0.29) is 18.1 Å². The highest BCUT2D eigenvalue weighted by molar-refractivity contribution is 5.16. The zero-order valence-electron chi connectivity index (χ0n) is 24.4. The number of azide groups is 1. The normalized spacial score (nSPS) is 21.9. The first-order valence-electron chi connectivity index (χ1n) is 14.9. The molecule has 5 atom stereocenters. The van der Waals surface area contributed by atoms with Crippen molar-refractivity contribution in [1.29, 1.82) is 0 Å². The van der Waals surface area contributed by atoms with E-state index in [1.54, 1.807) is 0 Å². The summed E-state index contributed by atoms with van der Waals surface area (Å²) < 4.78 is 26.4. The number of hydrogen-bond donors (Lipinski definition) is 0. The summed E-state index contributed by atoms with van der Waals surface area (Å²) in [7, 11) is 0. The van der Waals surface area contributed by atoms with Gasteiger partial charge in [0, 0.05) is 16.9 Å². The Labute approximate surface area is 254 Å². The van der Waals surface area contributed by atoms with Crippen molar-refractivity contribution in [2.45, 2.75) is 63.6 Å². The van der Waals surface area contributed by atoms with Crippen LogP contribution in [0.3, 0.4) is 0 Å². The van der Waals surface area contributed by atoms with Crippen LogP contribution in [-0.4, -0.2) is 31.0 Å². The Bertz CT molecular complexity index is 1390. The van der Waals surface area contributed by atoms with E-state index in [1.165, 1.54) is 0 Å². The van der Waals surface area contributed by atoms with Crippen molar-refractivity contribution in [3.8, 4) is 0 Å². The lowest BCUT2D eigenvalue weighted by Gasteiger charge is -2.36. The molecule has 7 nitrogen and oxygen atoms in total. The van der Waals surface area contributed by atoms with Gasteiger partial charge in [0.1, 0.15) is 6.10 Å². The van der Waals surface area contributed by atoms with Crippen molar-refractivity contribution in [2.75, 3.05) is 6.61 Å². The number of hydrogen-bond acceptors (Lipinski definition) is 5. The molecule has 0 N–H and O–H groups in total. The van der Waals surface area contributed by atoms with E-state index in [2.05, 4.69) is 34.3 Å². The van der Waals surface area contributed by atoms with Gasteiger partial charge in [-0.05, 0) is 40.6 Å². The molecule has 1 aliphatic rings. The molecule has 0 spiro atoms. The van der Waals surface area contributed by atoms with E-state index in [4.69, 9.17) is 18.9 Å². The summed E-state index contributed by atoms with van der Waals surface area (Å²) in [5, 5.41) is 4.27. The third-order valence-electron chi connectivity index (χ3n) is 7.85. The maximum atomic E-state index is 9.58. The fraction of sp³-hybridized carbons (Fsp3) is 0.333. The Balaban J connectivity index is 1.44. The van der Waals surface area contributed by atoms with Crippen LogP contribution in [0.2, 0.25) is 0 Å². The predicted octanol–water partition coefficient (Wildman–Crippen LogP) is 8.05. The predicted molar refractivity (Wildman–Crippen MR) is 167 cm³/mol. The first-order valence-corrected chi connectivity index (χ1v) is 14.9. The zero-order valence-corrected chi connectivity index (χ0v) is 24.4. The van der Waals surface area contributed by atoms with Gasteiger partial charge in [-0.1, -0.05) is 126 Å². The molecule has 1 aliphatic carbocycles. The quantitative estimate of drug-likeness (QED) is 0.0657. The standard InChI is InChI=1S/C36H39N3O4/c37-39-38-33-21-22-34(41-24-29-15-7-2-8-16-29)36(43-26-31-19-11-4-12-20-31)35(42-25-30-17-9-3-10-18-30)32(33)27-40-23-28-13-5-1-6-14-28/h1-20,32-36H,21-27H2/t32-,33+,34+,35+,36+/m0/s1. The minimum Gasteiger partial charge on any atom is -0.376 e. The number of nitrogens with zero attached hydrogens (tertiary/aromatic N) is 3. The van der Waals surface area contributed by atoms with Crippen LogP contribution in [0.15, 0.2) is 126 Å². The Morgan fingerprint density at radius 1 is 0.558 bits per heavy atom. The Morgan fingerprint density at radius 2 is 1.00 bits per heavy atom. The first kappa shape index (κ1) is 30.5. The lowest BCUT2D eigenvalue weighted by atomic mass is 9.91. The van der Waals surface area contributed by atoms with Crippen molar-refractivity contribution in [2.24, 2.45) is 11.0 Å². The molecule has 1 fully saturated rings. The van der Waals surface area contributed by atoms with Gasteiger partial charge in [-0.25, -0.2) is 0 Å². The molecule has 0 bridgehead atoms. The summed E-state index contributed by atoms with van der Waals surface area (Å²) in [6.45, 7) is 2.05. The molecule has 222 valence electrons. The van der Waals surface area contributed by atoms with E-state index in [0.29, 0.717) is 45.9 Å². The van der Waals surface area contributed by atoms with Gasteiger partial charge in [-0.15, -0.1) is 0 Å². The second-order valence-electron chi connectivity index (χ2n) is 10.9. The van der Waals surface area contributed by atoms with Crippen LogP contribution in [0.1, 0.15) is 35.1 Å². The topological polar surface area (TPSA) is 85.7 Å². The SMILES string of the molecule is [N-]=[N+]=N[C@@H]1CC[C@@H](OCc2ccccc2)[C@@H](OCc2ccccc2)[C@H](OCc2ccccc2)[C@H]1COCc1ccccc1. The average Bonchev–Trinajstić information content (AvgIpc) is 3.20. The van der Waals surface area contributed by atoms with Crippen molar-refractivity contribution in [1.82, 2.24) is 0 Å². The molecule has 0 aromatic heterocycles. The second kappa shape index (κ2) is 16.6. The largest absolute Gasteiger partial charge is 0.376 e. The molecular formula is C36H39N3O4. The fourth-order valence-electron chi connectivity index (χ4n) is 5.60. The van der Waals surface area contributed by atoms with E-state index >= 15 is 0 Å². The van der Waals surface area contributed by atoms with Crippen molar-refractivity contribution < 1.29 is 18.9 Å². The van der Waals surface area contributed by atoms with Gasteiger partial charge in [0.05, 0.1) is 45.2 Å². The van der Waals surface area contributed by atoms with Crippen LogP contribution in [0.25, 0.3) is 10.4 Å². The molecule has 4 aromatic carbocycles. The third-order valence-corrected chi connectivity index (χ3v) is 7.85. The molecule has 0 amide bonds. The highest BCUT2D eigenvalue weighted by atomic mass is 16.6. The fourth-order valence-corrected chi connectivity index (χ4v) is 5.60. The van der Waals surface area contributed by atoms with Crippen LogP contribution in [0.4, 0.5) is 0 Å². The van der Waals surface area contributed by atoms with Gasteiger partial charge in [0.25, 0.3) is 0 Å². The molecule has 1 saturated carbocycles. The molecule has 0 saturated heterocycles. The van der Waals surface area contributed by atoms with Gasteiger partial charge in [0.2, 0.25) is 0 Å².